The molecule has 5 aromatic rings. The summed E-state index contributed by atoms with van der Waals surface area (Å²) in [4.78, 5) is 0. The fourth-order valence-corrected chi connectivity index (χ4v) is 8.91. The van der Waals surface area contributed by atoms with Gasteiger partial charge in [0.25, 0.3) is 0 Å². The van der Waals surface area contributed by atoms with Crippen LogP contribution in [-0.4, -0.2) is 0 Å². The largest absolute Gasteiger partial charge is 0.355 e. The lowest BCUT2D eigenvalue weighted by atomic mass is 9.34. The summed E-state index contributed by atoms with van der Waals surface area (Å²) in [5.41, 5.74) is 9.48. The molecule has 3 fully saturated rings. The molecule has 1 nitrogen and oxygen atoms in total. The Morgan fingerprint density at radius 1 is 0.564 bits per heavy atom. The van der Waals surface area contributed by atoms with E-state index in [0.29, 0.717) is 5.41 Å². The minimum atomic E-state index is 0.369. The molecule has 3 saturated carbocycles. The molecule has 4 unspecified atom stereocenters. The van der Waals surface area contributed by atoms with E-state index in [9.17, 15) is 0 Å². The van der Waals surface area contributed by atoms with Crippen LogP contribution in [0.4, 0.5) is 11.4 Å². The first-order valence-corrected chi connectivity index (χ1v) is 14.7. The summed E-state index contributed by atoms with van der Waals surface area (Å²) in [5.74, 6) is 3.64. The maximum absolute atomic E-state index is 3.97. The number of para-hydroxylation sites is 2. The van der Waals surface area contributed by atoms with E-state index < -0.39 is 0 Å². The Bertz CT molecular complexity index is 1680. The van der Waals surface area contributed by atoms with Gasteiger partial charge in [-0.25, -0.2) is 0 Å². The second-order valence-corrected chi connectivity index (χ2v) is 12.5. The first-order chi connectivity index (χ1) is 19.2. The van der Waals surface area contributed by atoms with Gasteiger partial charge in [0.1, 0.15) is 0 Å². The molecule has 0 spiro atoms. The molecule has 0 radical (unpaired) electrons. The van der Waals surface area contributed by atoms with Crippen LogP contribution in [-0.2, 0) is 5.41 Å². The monoisotopic (exact) mass is 505 g/mol. The van der Waals surface area contributed by atoms with Gasteiger partial charge in [0, 0.05) is 22.4 Å². The second kappa shape index (κ2) is 8.85. The minimum Gasteiger partial charge on any atom is -0.355 e. The molecular weight excluding hydrogens is 470 g/mol. The molecule has 39 heavy (non-hydrogen) atoms. The number of anilines is 2. The highest BCUT2D eigenvalue weighted by atomic mass is 14.9. The first kappa shape index (κ1) is 23.1. The molecular formula is C38H35N. The zero-order chi connectivity index (χ0) is 26.0. The van der Waals surface area contributed by atoms with Crippen molar-refractivity contribution in [2.45, 2.75) is 38.0 Å². The average molecular weight is 506 g/mol. The Morgan fingerprint density at radius 3 is 2.05 bits per heavy atom. The maximum Gasteiger partial charge on any atom is 0.0464 e. The lowest BCUT2D eigenvalue weighted by Gasteiger charge is -2.70. The van der Waals surface area contributed by atoms with Gasteiger partial charge in [-0.15, -0.1) is 0 Å². The average Bonchev–Trinajstić information content (AvgIpc) is 2.95. The topological polar surface area (TPSA) is 12.0 Å². The molecule has 1 heteroatoms. The van der Waals surface area contributed by atoms with Crippen molar-refractivity contribution < 1.29 is 0 Å². The van der Waals surface area contributed by atoms with Crippen LogP contribution >= 0.6 is 0 Å². The van der Waals surface area contributed by atoms with E-state index in [1.165, 1.54) is 70.1 Å². The quantitative estimate of drug-likeness (QED) is 0.250. The molecule has 5 aromatic carbocycles. The SMILES string of the molecule is C[C@@H]1CC2CC3CC(c4ccccc4Nc4ccccc4-c4ccc(-c5ccccc5)c5ccccc45)(C1)C23. The van der Waals surface area contributed by atoms with Crippen LogP contribution in [0.2, 0.25) is 0 Å². The van der Waals surface area contributed by atoms with Crippen LogP contribution < -0.4 is 5.32 Å². The standard InChI is InChI=1S/C38H35N/c1-25-21-27-22-28-24-38(23-25,37(27)28)34-16-8-10-18-36(34)39-35-17-9-7-15-33(35)32-20-19-29(26-11-3-2-4-12-26)30-13-5-6-14-31(30)32/h2-20,25,27-28,37,39H,21-24H2,1H3/t25-,27?,28?,37?,38?/m1/s1. The summed E-state index contributed by atoms with van der Waals surface area (Å²) in [6.45, 7) is 2.49. The number of rotatable bonds is 5. The lowest BCUT2D eigenvalue weighted by molar-refractivity contribution is -0.159. The van der Waals surface area contributed by atoms with Crippen molar-refractivity contribution in [3.63, 3.8) is 0 Å². The van der Waals surface area contributed by atoms with Gasteiger partial charge < -0.3 is 5.32 Å². The molecule has 8 rings (SSSR count). The molecule has 0 heterocycles. The first-order valence-electron chi connectivity index (χ1n) is 14.7. The zero-order valence-corrected chi connectivity index (χ0v) is 22.6. The van der Waals surface area contributed by atoms with Gasteiger partial charge >= 0.3 is 0 Å². The van der Waals surface area contributed by atoms with E-state index in [4.69, 9.17) is 0 Å². The molecule has 3 aliphatic rings. The molecule has 0 saturated heterocycles. The lowest BCUT2D eigenvalue weighted by Crippen LogP contribution is -2.65. The predicted octanol–water partition coefficient (Wildman–Crippen LogP) is 10.2. The summed E-state index contributed by atoms with van der Waals surface area (Å²) in [7, 11) is 0. The highest BCUT2D eigenvalue weighted by Crippen LogP contribution is 2.72. The summed E-state index contributed by atoms with van der Waals surface area (Å²) in [5, 5.41) is 6.56. The van der Waals surface area contributed by atoms with Crippen LogP contribution in [0.5, 0.6) is 0 Å². The van der Waals surface area contributed by atoms with Crippen molar-refractivity contribution in [1.29, 1.82) is 0 Å². The van der Waals surface area contributed by atoms with Gasteiger partial charge in [-0.05, 0) is 94.5 Å². The Hall–Kier alpha value is -3.84. The Labute approximate surface area is 231 Å². The van der Waals surface area contributed by atoms with E-state index in [2.05, 4.69) is 128 Å². The highest BCUT2D eigenvalue weighted by Gasteiger charge is 2.66. The van der Waals surface area contributed by atoms with Crippen molar-refractivity contribution in [2.24, 2.45) is 23.7 Å². The van der Waals surface area contributed by atoms with E-state index in [1.807, 2.05) is 0 Å². The number of hydrogen-bond donors (Lipinski definition) is 1. The highest BCUT2D eigenvalue weighted by molar-refractivity contribution is 6.06. The molecule has 0 aromatic heterocycles. The third-order valence-corrected chi connectivity index (χ3v) is 10.3. The summed E-state index contributed by atoms with van der Waals surface area (Å²) < 4.78 is 0. The third kappa shape index (κ3) is 3.52. The van der Waals surface area contributed by atoms with Crippen LogP contribution in [0.15, 0.2) is 115 Å². The van der Waals surface area contributed by atoms with E-state index >= 15 is 0 Å². The van der Waals surface area contributed by atoms with Crippen molar-refractivity contribution in [3.05, 3.63) is 121 Å². The van der Waals surface area contributed by atoms with Crippen molar-refractivity contribution >= 4 is 22.1 Å². The minimum absolute atomic E-state index is 0.369. The molecule has 5 atom stereocenters. The summed E-state index contributed by atoms with van der Waals surface area (Å²) in [6.07, 6.45) is 5.63. The molecule has 3 aliphatic carbocycles. The fraction of sp³-hybridized carbons (Fsp3) is 0.263. The molecule has 0 aliphatic heterocycles. The Kier molecular flexibility index (Phi) is 5.24. The van der Waals surface area contributed by atoms with Gasteiger partial charge in [-0.2, -0.15) is 0 Å². The smallest absolute Gasteiger partial charge is 0.0464 e. The number of benzene rings is 5. The van der Waals surface area contributed by atoms with Crippen molar-refractivity contribution in [1.82, 2.24) is 0 Å². The van der Waals surface area contributed by atoms with E-state index in [1.54, 1.807) is 5.56 Å². The molecule has 0 bridgehead atoms. The Morgan fingerprint density at radius 2 is 1.23 bits per heavy atom. The van der Waals surface area contributed by atoms with Gasteiger partial charge in [-0.3, -0.25) is 0 Å². The Balaban J connectivity index is 1.22. The zero-order valence-electron chi connectivity index (χ0n) is 22.6. The van der Waals surface area contributed by atoms with Gasteiger partial charge in [0.15, 0.2) is 0 Å². The van der Waals surface area contributed by atoms with Gasteiger partial charge in [0.05, 0.1) is 0 Å². The van der Waals surface area contributed by atoms with Gasteiger partial charge in [0.2, 0.25) is 0 Å². The van der Waals surface area contributed by atoms with Crippen LogP contribution in [0.1, 0.15) is 38.2 Å². The van der Waals surface area contributed by atoms with Crippen LogP contribution in [0.3, 0.4) is 0 Å². The molecule has 192 valence electrons. The normalized spacial score (nSPS) is 26.8. The van der Waals surface area contributed by atoms with E-state index in [-0.39, 0.29) is 0 Å². The predicted molar refractivity (Wildman–Crippen MR) is 164 cm³/mol. The maximum atomic E-state index is 3.97. The van der Waals surface area contributed by atoms with Crippen LogP contribution in [0, 0.1) is 23.7 Å². The third-order valence-electron chi connectivity index (χ3n) is 10.3. The van der Waals surface area contributed by atoms with Crippen LogP contribution in [0.25, 0.3) is 33.0 Å². The molecule has 1 N–H and O–H groups in total. The second-order valence-electron chi connectivity index (χ2n) is 12.5. The number of hydrogen-bond acceptors (Lipinski definition) is 1. The summed E-state index contributed by atoms with van der Waals surface area (Å²) in [6, 6.07) is 42.3. The number of nitrogens with one attached hydrogen (secondary N) is 1. The van der Waals surface area contributed by atoms with E-state index in [0.717, 1.165) is 23.7 Å². The fourth-order valence-electron chi connectivity index (χ4n) is 8.91. The van der Waals surface area contributed by atoms with Crippen molar-refractivity contribution in [3.8, 4) is 22.3 Å². The molecule has 0 amide bonds. The van der Waals surface area contributed by atoms with Crippen molar-refractivity contribution in [2.75, 3.05) is 5.32 Å². The summed E-state index contributed by atoms with van der Waals surface area (Å²) >= 11 is 0. The van der Waals surface area contributed by atoms with Gasteiger partial charge in [-0.1, -0.05) is 110 Å². The number of fused-ring (bicyclic) bond motifs is 1.